The summed E-state index contributed by atoms with van der Waals surface area (Å²) in [6, 6.07) is 11.0. The van der Waals surface area contributed by atoms with Crippen LogP contribution in [-0.4, -0.2) is 49.3 Å². The molecule has 1 aromatic carbocycles. The Hall–Kier alpha value is -2.60. The molecule has 1 aliphatic rings. The van der Waals surface area contributed by atoms with Gasteiger partial charge in [0.25, 0.3) is 5.91 Å². The first-order valence-corrected chi connectivity index (χ1v) is 9.22. The maximum atomic E-state index is 12.2. The fraction of sp³-hybridized carbons (Fsp3) is 0.429. The van der Waals surface area contributed by atoms with Crippen molar-refractivity contribution in [2.45, 2.75) is 25.8 Å². The van der Waals surface area contributed by atoms with Gasteiger partial charge in [0.2, 0.25) is 5.91 Å². The van der Waals surface area contributed by atoms with Crippen LogP contribution in [0.3, 0.4) is 0 Å². The highest BCUT2D eigenvalue weighted by Crippen LogP contribution is 2.47. The average Bonchev–Trinajstić information content (AvgIpc) is 3.16. The Morgan fingerprint density at radius 3 is 2.37 bits per heavy atom. The van der Waals surface area contributed by atoms with Gasteiger partial charge in [-0.1, -0.05) is 6.92 Å². The lowest BCUT2D eigenvalue weighted by Gasteiger charge is -2.15. The van der Waals surface area contributed by atoms with Crippen molar-refractivity contribution in [2.75, 3.05) is 33.0 Å². The van der Waals surface area contributed by atoms with Crippen molar-refractivity contribution < 1.29 is 14.0 Å². The molecule has 1 fully saturated rings. The number of benzene rings is 1. The van der Waals surface area contributed by atoms with Gasteiger partial charge in [0.05, 0.1) is 13.1 Å². The van der Waals surface area contributed by atoms with Crippen LogP contribution < -0.4 is 5.32 Å². The average molecular weight is 369 g/mol. The number of amides is 2. The molecular weight excluding hydrogens is 342 g/mol. The van der Waals surface area contributed by atoms with Crippen LogP contribution in [0.1, 0.15) is 41.1 Å². The van der Waals surface area contributed by atoms with E-state index in [1.807, 2.05) is 24.1 Å². The van der Waals surface area contributed by atoms with E-state index in [1.54, 1.807) is 38.4 Å². The van der Waals surface area contributed by atoms with E-state index in [0.717, 1.165) is 11.5 Å². The number of carbonyl (C=O) groups is 2. The van der Waals surface area contributed by atoms with Gasteiger partial charge in [-0.2, -0.15) is 0 Å². The first kappa shape index (κ1) is 19.2. The lowest BCUT2D eigenvalue weighted by Crippen LogP contribution is -2.29. The zero-order valence-electron chi connectivity index (χ0n) is 16.4. The fourth-order valence-electron chi connectivity index (χ4n) is 3.12. The van der Waals surface area contributed by atoms with Crippen molar-refractivity contribution in [1.82, 2.24) is 9.80 Å². The molecule has 1 N–H and O–H groups in total. The van der Waals surface area contributed by atoms with Gasteiger partial charge < -0.3 is 14.6 Å². The van der Waals surface area contributed by atoms with Crippen LogP contribution in [0.5, 0.6) is 0 Å². The summed E-state index contributed by atoms with van der Waals surface area (Å²) in [5.41, 5.74) is 1.26. The molecule has 0 unspecified atom stereocenters. The number of nitrogens with one attached hydrogen (secondary N) is 1. The van der Waals surface area contributed by atoms with E-state index in [1.165, 1.54) is 11.3 Å². The number of hydrogen-bond donors (Lipinski definition) is 1. The van der Waals surface area contributed by atoms with Crippen LogP contribution in [0.15, 0.2) is 40.8 Å². The van der Waals surface area contributed by atoms with Gasteiger partial charge in [-0.25, -0.2) is 0 Å². The molecule has 1 saturated carbocycles. The van der Waals surface area contributed by atoms with Gasteiger partial charge in [-0.15, -0.1) is 0 Å². The molecule has 1 aliphatic carbocycles. The SMILES string of the molecule is C[C@H]1C[C@H]1c1ccc(CN(C)CC(=O)Nc2ccc(C(=O)N(C)C)cc2)o1. The van der Waals surface area contributed by atoms with Crippen LogP contribution in [0.4, 0.5) is 5.69 Å². The Labute approximate surface area is 160 Å². The Balaban J connectivity index is 1.48. The molecule has 2 aromatic rings. The number of rotatable bonds is 7. The summed E-state index contributed by atoms with van der Waals surface area (Å²) < 4.78 is 5.89. The quantitative estimate of drug-likeness (QED) is 0.814. The summed E-state index contributed by atoms with van der Waals surface area (Å²) in [6.07, 6.45) is 1.20. The Bertz CT molecular complexity index is 810. The largest absolute Gasteiger partial charge is 0.464 e. The normalized spacial score (nSPS) is 18.4. The van der Waals surface area contributed by atoms with Crippen LogP contribution in [-0.2, 0) is 11.3 Å². The standard InChI is InChI=1S/C21H27N3O3/c1-14-11-18(14)19-10-9-17(27-19)12-24(4)13-20(25)22-16-7-5-15(6-8-16)21(26)23(2)3/h5-10,14,18H,11-13H2,1-4H3,(H,22,25)/t14-,18+/m0/s1. The van der Waals surface area contributed by atoms with E-state index in [4.69, 9.17) is 4.42 Å². The molecule has 0 saturated heterocycles. The predicted octanol–water partition coefficient (Wildman–Crippen LogP) is 3.18. The minimum atomic E-state index is -0.105. The second-order valence-corrected chi connectivity index (χ2v) is 7.62. The first-order chi connectivity index (χ1) is 12.8. The van der Waals surface area contributed by atoms with Gasteiger partial charge in [0, 0.05) is 31.3 Å². The molecular formula is C21H27N3O3. The Morgan fingerprint density at radius 1 is 1.11 bits per heavy atom. The zero-order chi connectivity index (χ0) is 19.6. The molecule has 1 aromatic heterocycles. The summed E-state index contributed by atoms with van der Waals surface area (Å²) in [5, 5.41) is 2.86. The number of likely N-dealkylation sites (N-methyl/N-ethyl adjacent to an activating group) is 1. The molecule has 2 amide bonds. The molecule has 27 heavy (non-hydrogen) atoms. The molecule has 6 heteroatoms. The van der Waals surface area contributed by atoms with Crippen LogP contribution in [0.25, 0.3) is 0 Å². The van der Waals surface area contributed by atoms with Crippen LogP contribution in [0.2, 0.25) is 0 Å². The van der Waals surface area contributed by atoms with Gasteiger partial charge in [0.1, 0.15) is 11.5 Å². The maximum Gasteiger partial charge on any atom is 0.253 e. The number of furan rings is 1. The molecule has 6 nitrogen and oxygen atoms in total. The smallest absolute Gasteiger partial charge is 0.253 e. The van der Waals surface area contributed by atoms with E-state index in [2.05, 4.69) is 12.2 Å². The fourth-order valence-corrected chi connectivity index (χ4v) is 3.12. The second kappa shape index (κ2) is 7.96. The van der Waals surface area contributed by atoms with Crippen molar-refractivity contribution in [2.24, 2.45) is 5.92 Å². The second-order valence-electron chi connectivity index (χ2n) is 7.62. The summed E-state index contributed by atoms with van der Waals surface area (Å²) >= 11 is 0. The maximum absolute atomic E-state index is 12.2. The van der Waals surface area contributed by atoms with E-state index < -0.39 is 0 Å². The monoisotopic (exact) mass is 369 g/mol. The highest BCUT2D eigenvalue weighted by atomic mass is 16.3. The van der Waals surface area contributed by atoms with Crippen molar-refractivity contribution in [3.63, 3.8) is 0 Å². The molecule has 2 atom stereocenters. The highest BCUT2D eigenvalue weighted by Gasteiger charge is 2.36. The third-order valence-electron chi connectivity index (χ3n) is 4.82. The van der Waals surface area contributed by atoms with Crippen molar-refractivity contribution >= 4 is 17.5 Å². The predicted molar refractivity (Wildman–Crippen MR) is 105 cm³/mol. The van der Waals surface area contributed by atoms with E-state index in [0.29, 0.717) is 29.6 Å². The van der Waals surface area contributed by atoms with Crippen LogP contribution in [0, 0.1) is 5.92 Å². The zero-order valence-corrected chi connectivity index (χ0v) is 16.4. The van der Waals surface area contributed by atoms with E-state index in [9.17, 15) is 9.59 Å². The van der Waals surface area contributed by atoms with Crippen molar-refractivity contribution in [3.05, 3.63) is 53.5 Å². The summed E-state index contributed by atoms with van der Waals surface area (Å²) in [5.74, 6) is 3.05. The topological polar surface area (TPSA) is 65.8 Å². The Morgan fingerprint density at radius 2 is 1.78 bits per heavy atom. The van der Waals surface area contributed by atoms with E-state index >= 15 is 0 Å². The molecule has 3 rings (SSSR count). The molecule has 0 spiro atoms. The van der Waals surface area contributed by atoms with Crippen LogP contribution >= 0.6 is 0 Å². The van der Waals surface area contributed by atoms with E-state index in [-0.39, 0.29) is 18.4 Å². The number of hydrogen-bond acceptors (Lipinski definition) is 4. The lowest BCUT2D eigenvalue weighted by atomic mass is 10.2. The third-order valence-corrected chi connectivity index (χ3v) is 4.82. The van der Waals surface area contributed by atoms with Crippen molar-refractivity contribution in [3.8, 4) is 0 Å². The summed E-state index contributed by atoms with van der Waals surface area (Å²) in [7, 11) is 5.31. The number of nitrogens with zero attached hydrogens (tertiary/aromatic N) is 2. The minimum absolute atomic E-state index is 0.0639. The molecule has 1 heterocycles. The third kappa shape index (κ3) is 4.98. The number of anilines is 1. The molecule has 0 bridgehead atoms. The lowest BCUT2D eigenvalue weighted by molar-refractivity contribution is -0.117. The van der Waals surface area contributed by atoms with Gasteiger partial charge in [0.15, 0.2) is 0 Å². The molecule has 0 aliphatic heterocycles. The number of carbonyl (C=O) groups excluding carboxylic acids is 2. The first-order valence-electron chi connectivity index (χ1n) is 9.22. The molecule has 144 valence electrons. The molecule has 0 radical (unpaired) electrons. The highest BCUT2D eigenvalue weighted by molar-refractivity contribution is 5.95. The van der Waals surface area contributed by atoms with Gasteiger partial charge in [-0.3, -0.25) is 14.5 Å². The van der Waals surface area contributed by atoms with Crippen molar-refractivity contribution in [1.29, 1.82) is 0 Å². The minimum Gasteiger partial charge on any atom is -0.464 e. The van der Waals surface area contributed by atoms with Gasteiger partial charge >= 0.3 is 0 Å². The Kier molecular flexibility index (Phi) is 5.65. The summed E-state index contributed by atoms with van der Waals surface area (Å²) in [4.78, 5) is 27.6. The summed E-state index contributed by atoms with van der Waals surface area (Å²) in [6.45, 7) is 3.07. The van der Waals surface area contributed by atoms with Gasteiger partial charge in [-0.05, 0) is 55.8 Å².